The predicted molar refractivity (Wildman–Crippen MR) is 77.8 cm³/mol. The molecule has 0 aliphatic carbocycles. The lowest BCUT2D eigenvalue weighted by atomic mass is 10.1. The highest BCUT2D eigenvalue weighted by Crippen LogP contribution is 2.32. The number of carbonyl (C=O) groups excluding carboxylic acids is 1. The van der Waals surface area contributed by atoms with Crippen molar-refractivity contribution in [2.45, 2.75) is 13.5 Å². The van der Waals surface area contributed by atoms with Crippen LogP contribution < -0.4 is 19.9 Å². The summed E-state index contributed by atoms with van der Waals surface area (Å²) in [5, 5.41) is 0. The van der Waals surface area contributed by atoms with E-state index in [9.17, 15) is 4.79 Å². The third-order valence-corrected chi connectivity index (χ3v) is 3.25. The molecule has 0 radical (unpaired) electrons. The summed E-state index contributed by atoms with van der Waals surface area (Å²) >= 11 is 0. The molecule has 21 heavy (non-hydrogen) atoms. The summed E-state index contributed by atoms with van der Waals surface area (Å²) in [6, 6.07) is 10.7. The molecule has 0 fully saturated rings. The van der Waals surface area contributed by atoms with Gasteiger partial charge in [0.2, 0.25) is 6.79 Å². The predicted octanol–water partition coefficient (Wildman–Crippen LogP) is 2.78. The molecule has 0 unspecified atom stereocenters. The molecular weight excluding hydrogens is 270 g/mol. The number of rotatable bonds is 4. The van der Waals surface area contributed by atoms with Gasteiger partial charge in [-0.15, -0.1) is 0 Å². The van der Waals surface area contributed by atoms with Crippen LogP contribution in [0, 0.1) is 0 Å². The molecule has 0 bridgehead atoms. The molecule has 5 heteroatoms. The van der Waals surface area contributed by atoms with E-state index in [0.29, 0.717) is 23.6 Å². The molecule has 0 spiro atoms. The van der Waals surface area contributed by atoms with E-state index >= 15 is 0 Å². The van der Waals surface area contributed by atoms with Gasteiger partial charge in [-0.3, -0.25) is 4.79 Å². The zero-order valence-electron chi connectivity index (χ0n) is 11.6. The number of carbonyl (C=O) groups is 1. The first kappa shape index (κ1) is 13.3. The van der Waals surface area contributed by atoms with E-state index in [1.165, 1.54) is 6.92 Å². The molecular formula is C16H15NO4. The van der Waals surface area contributed by atoms with E-state index in [1.54, 1.807) is 18.2 Å². The minimum Gasteiger partial charge on any atom is -0.489 e. The SMILES string of the molecule is CC(=O)c1cc(OCc2ccc3c(c2)OCO3)ccc1N. The first-order valence-electron chi connectivity index (χ1n) is 6.55. The number of anilines is 1. The smallest absolute Gasteiger partial charge is 0.231 e. The summed E-state index contributed by atoms with van der Waals surface area (Å²) < 4.78 is 16.3. The van der Waals surface area contributed by atoms with Crippen LogP contribution in [0.25, 0.3) is 0 Å². The number of fused-ring (bicyclic) bond motifs is 1. The molecule has 1 aliphatic heterocycles. The largest absolute Gasteiger partial charge is 0.489 e. The van der Waals surface area contributed by atoms with Crippen LogP contribution in [-0.2, 0) is 6.61 Å². The minimum absolute atomic E-state index is 0.0824. The van der Waals surface area contributed by atoms with Crippen molar-refractivity contribution in [3.05, 3.63) is 47.5 Å². The maximum atomic E-state index is 11.5. The summed E-state index contributed by atoms with van der Waals surface area (Å²) in [5.74, 6) is 1.98. The van der Waals surface area contributed by atoms with Crippen molar-refractivity contribution in [2.24, 2.45) is 0 Å². The van der Waals surface area contributed by atoms with E-state index in [-0.39, 0.29) is 12.6 Å². The van der Waals surface area contributed by atoms with Crippen molar-refractivity contribution in [2.75, 3.05) is 12.5 Å². The molecule has 2 N–H and O–H groups in total. The molecule has 0 saturated heterocycles. The number of ether oxygens (including phenoxy) is 3. The second-order valence-electron chi connectivity index (χ2n) is 4.78. The Bertz CT molecular complexity index is 697. The van der Waals surface area contributed by atoms with Crippen molar-refractivity contribution in [1.82, 2.24) is 0 Å². The highest BCUT2D eigenvalue weighted by atomic mass is 16.7. The van der Waals surface area contributed by atoms with Crippen LogP contribution in [0.3, 0.4) is 0 Å². The Kier molecular flexibility index (Phi) is 3.39. The van der Waals surface area contributed by atoms with Crippen LogP contribution in [-0.4, -0.2) is 12.6 Å². The van der Waals surface area contributed by atoms with Crippen LogP contribution in [0.15, 0.2) is 36.4 Å². The van der Waals surface area contributed by atoms with Gasteiger partial charge in [0.25, 0.3) is 0 Å². The minimum atomic E-state index is -0.0824. The van der Waals surface area contributed by atoms with Gasteiger partial charge in [0.1, 0.15) is 12.4 Å². The standard InChI is InChI=1S/C16H15NO4/c1-10(18)13-7-12(3-4-14(13)17)19-8-11-2-5-15-16(6-11)21-9-20-15/h2-7H,8-9,17H2,1H3. The Morgan fingerprint density at radius 2 is 2.00 bits per heavy atom. The van der Waals surface area contributed by atoms with Crippen LogP contribution in [0.4, 0.5) is 5.69 Å². The van der Waals surface area contributed by atoms with Crippen molar-refractivity contribution < 1.29 is 19.0 Å². The van der Waals surface area contributed by atoms with Gasteiger partial charge in [-0.25, -0.2) is 0 Å². The summed E-state index contributed by atoms with van der Waals surface area (Å²) in [4.78, 5) is 11.5. The zero-order valence-corrected chi connectivity index (χ0v) is 11.6. The monoisotopic (exact) mass is 285 g/mol. The Morgan fingerprint density at radius 3 is 2.81 bits per heavy atom. The van der Waals surface area contributed by atoms with Gasteiger partial charge in [-0.05, 0) is 42.8 Å². The van der Waals surface area contributed by atoms with Crippen molar-refractivity contribution >= 4 is 11.5 Å². The van der Waals surface area contributed by atoms with Crippen molar-refractivity contribution in [3.63, 3.8) is 0 Å². The molecule has 1 heterocycles. The Balaban J connectivity index is 1.73. The van der Waals surface area contributed by atoms with Crippen LogP contribution in [0.5, 0.6) is 17.2 Å². The number of hydrogen-bond acceptors (Lipinski definition) is 5. The Hall–Kier alpha value is -2.69. The van der Waals surface area contributed by atoms with Crippen LogP contribution in [0.2, 0.25) is 0 Å². The third kappa shape index (κ3) is 2.76. The number of hydrogen-bond donors (Lipinski definition) is 1. The van der Waals surface area contributed by atoms with E-state index in [1.807, 2.05) is 18.2 Å². The normalized spacial score (nSPS) is 12.2. The quantitative estimate of drug-likeness (QED) is 0.691. The average molecular weight is 285 g/mol. The molecule has 0 aromatic heterocycles. The fraction of sp³-hybridized carbons (Fsp3) is 0.188. The molecule has 2 aromatic carbocycles. The van der Waals surface area contributed by atoms with Gasteiger partial charge < -0.3 is 19.9 Å². The second kappa shape index (κ2) is 5.36. The summed E-state index contributed by atoms with van der Waals surface area (Å²) in [7, 11) is 0. The number of nitrogens with two attached hydrogens (primary N) is 1. The third-order valence-electron chi connectivity index (χ3n) is 3.25. The highest BCUT2D eigenvalue weighted by molar-refractivity contribution is 5.99. The lowest BCUT2D eigenvalue weighted by molar-refractivity contribution is 0.101. The fourth-order valence-corrected chi connectivity index (χ4v) is 2.13. The first-order valence-corrected chi connectivity index (χ1v) is 6.55. The topological polar surface area (TPSA) is 70.8 Å². The number of ketones is 1. The van der Waals surface area contributed by atoms with E-state index in [2.05, 4.69) is 0 Å². The maximum Gasteiger partial charge on any atom is 0.231 e. The molecule has 5 nitrogen and oxygen atoms in total. The molecule has 2 aromatic rings. The number of nitrogen functional groups attached to an aromatic ring is 1. The number of benzene rings is 2. The Labute approximate surface area is 122 Å². The van der Waals surface area contributed by atoms with E-state index in [4.69, 9.17) is 19.9 Å². The summed E-state index contributed by atoms with van der Waals surface area (Å²) in [6.45, 7) is 2.10. The summed E-state index contributed by atoms with van der Waals surface area (Å²) in [5.41, 5.74) is 7.64. The first-order chi connectivity index (χ1) is 10.1. The lowest BCUT2D eigenvalue weighted by Gasteiger charge is -2.09. The average Bonchev–Trinajstić information content (AvgIpc) is 2.93. The molecule has 1 aliphatic rings. The molecule has 0 atom stereocenters. The summed E-state index contributed by atoms with van der Waals surface area (Å²) in [6.07, 6.45) is 0. The second-order valence-corrected chi connectivity index (χ2v) is 4.78. The molecule has 0 saturated carbocycles. The molecule has 108 valence electrons. The number of Topliss-reactive ketones (excluding diaryl/α,β-unsaturated/α-hetero) is 1. The van der Waals surface area contributed by atoms with Gasteiger partial charge in [-0.2, -0.15) is 0 Å². The van der Waals surface area contributed by atoms with Gasteiger partial charge in [-0.1, -0.05) is 6.07 Å². The van der Waals surface area contributed by atoms with Crippen molar-refractivity contribution in [1.29, 1.82) is 0 Å². The van der Waals surface area contributed by atoms with Crippen LogP contribution in [0.1, 0.15) is 22.8 Å². The van der Waals surface area contributed by atoms with Gasteiger partial charge in [0.15, 0.2) is 17.3 Å². The van der Waals surface area contributed by atoms with E-state index in [0.717, 1.165) is 17.1 Å². The van der Waals surface area contributed by atoms with Crippen molar-refractivity contribution in [3.8, 4) is 17.2 Å². The van der Waals surface area contributed by atoms with Gasteiger partial charge in [0.05, 0.1) is 0 Å². The highest BCUT2D eigenvalue weighted by Gasteiger charge is 2.13. The molecule has 0 amide bonds. The Morgan fingerprint density at radius 1 is 1.19 bits per heavy atom. The zero-order chi connectivity index (χ0) is 14.8. The van der Waals surface area contributed by atoms with Gasteiger partial charge in [0, 0.05) is 11.3 Å². The van der Waals surface area contributed by atoms with E-state index < -0.39 is 0 Å². The lowest BCUT2D eigenvalue weighted by Crippen LogP contribution is -2.01. The van der Waals surface area contributed by atoms with Crippen LogP contribution >= 0.6 is 0 Å². The maximum absolute atomic E-state index is 11.5. The fourth-order valence-electron chi connectivity index (χ4n) is 2.13. The molecule has 3 rings (SSSR count). The van der Waals surface area contributed by atoms with Gasteiger partial charge >= 0.3 is 0 Å².